The molecule has 9 nitrogen and oxygen atoms in total. The van der Waals surface area contributed by atoms with Crippen molar-refractivity contribution in [1.29, 1.82) is 0 Å². The smallest absolute Gasteiger partial charge is 0.251 e. The van der Waals surface area contributed by atoms with E-state index in [1.807, 2.05) is 0 Å². The van der Waals surface area contributed by atoms with Crippen molar-refractivity contribution in [2.45, 2.75) is 6.54 Å². The molecule has 0 radical (unpaired) electrons. The molecule has 0 aromatic heterocycles. The van der Waals surface area contributed by atoms with Crippen molar-refractivity contribution < 1.29 is 32.2 Å². The van der Waals surface area contributed by atoms with Crippen LogP contribution in [0.3, 0.4) is 0 Å². The molecule has 35 heavy (non-hydrogen) atoms. The summed E-state index contributed by atoms with van der Waals surface area (Å²) in [5.74, 6) is 2.25. The molecule has 0 spiro atoms. The van der Waals surface area contributed by atoms with Crippen molar-refractivity contribution in [2.24, 2.45) is 0 Å². The van der Waals surface area contributed by atoms with Gasteiger partial charge in [0.25, 0.3) is 5.91 Å². The van der Waals surface area contributed by atoms with Gasteiger partial charge in [-0.25, -0.2) is 8.42 Å². The van der Waals surface area contributed by atoms with Gasteiger partial charge in [0.1, 0.15) is 18.1 Å². The first-order valence-corrected chi connectivity index (χ1v) is 12.7. The van der Waals surface area contributed by atoms with Gasteiger partial charge in [0.15, 0.2) is 11.5 Å². The van der Waals surface area contributed by atoms with Crippen molar-refractivity contribution in [3.8, 4) is 23.0 Å². The zero-order valence-corrected chi connectivity index (χ0v) is 20.2. The standard InChI is InChI=1S/C25H26N2O7S/c1-31-21-8-10-22(11-9-21)32-14-13-26-25(28)19-5-3-18(4-6-19)16-27(35(2,29)30)20-7-12-23-24(15-20)34-17-33-23/h3-12,15H,13-14,16-17H2,1-2H3,(H,26,28). The van der Waals surface area contributed by atoms with Crippen LogP contribution in [0.5, 0.6) is 23.0 Å². The largest absolute Gasteiger partial charge is 0.497 e. The lowest BCUT2D eigenvalue weighted by molar-refractivity contribution is 0.0947. The quantitative estimate of drug-likeness (QED) is 0.428. The van der Waals surface area contributed by atoms with E-state index in [9.17, 15) is 13.2 Å². The number of carbonyl (C=O) groups is 1. The highest BCUT2D eigenvalue weighted by Gasteiger charge is 2.22. The van der Waals surface area contributed by atoms with E-state index in [2.05, 4.69) is 5.32 Å². The normalized spacial score (nSPS) is 12.2. The molecule has 1 aliphatic rings. The molecule has 0 saturated heterocycles. The van der Waals surface area contributed by atoms with Gasteiger partial charge in [-0.05, 0) is 54.1 Å². The highest BCUT2D eigenvalue weighted by atomic mass is 32.2. The maximum Gasteiger partial charge on any atom is 0.251 e. The third-order valence-corrected chi connectivity index (χ3v) is 6.44. The Morgan fingerprint density at radius 1 is 0.971 bits per heavy atom. The summed E-state index contributed by atoms with van der Waals surface area (Å²) in [7, 11) is -1.97. The Labute approximate surface area is 204 Å². The van der Waals surface area contributed by atoms with E-state index >= 15 is 0 Å². The number of sulfonamides is 1. The lowest BCUT2D eigenvalue weighted by Gasteiger charge is -2.23. The first-order valence-electron chi connectivity index (χ1n) is 10.8. The van der Waals surface area contributed by atoms with Gasteiger partial charge in [-0.1, -0.05) is 12.1 Å². The molecule has 1 N–H and O–H groups in total. The Hall–Kier alpha value is -3.92. The highest BCUT2D eigenvalue weighted by Crippen LogP contribution is 2.36. The maximum atomic E-state index is 12.5. The zero-order valence-electron chi connectivity index (χ0n) is 19.4. The summed E-state index contributed by atoms with van der Waals surface area (Å²) in [6.45, 7) is 0.860. The fourth-order valence-corrected chi connectivity index (χ4v) is 4.36. The number of carbonyl (C=O) groups excluding carboxylic acids is 1. The second-order valence-corrected chi connectivity index (χ2v) is 9.69. The molecule has 0 unspecified atom stereocenters. The van der Waals surface area contributed by atoms with Crippen LogP contribution in [0.25, 0.3) is 0 Å². The molecule has 184 valence electrons. The summed E-state index contributed by atoms with van der Waals surface area (Å²) in [6.07, 6.45) is 1.15. The number of nitrogens with zero attached hydrogens (tertiary/aromatic N) is 1. The van der Waals surface area contributed by atoms with Crippen LogP contribution in [0.15, 0.2) is 66.7 Å². The monoisotopic (exact) mass is 498 g/mol. The van der Waals surface area contributed by atoms with Gasteiger partial charge < -0.3 is 24.3 Å². The summed E-state index contributed by atoms with van der Waals surface area (Å²) in [5.41, 5.74) is 1.66. The van der Waals surface area contributed by atoms with Crippen LogP contribution in [-0.2, 0) is 16.6 Å². The molecule has 0 saturated carbocycles. The number of fused-ring (bicyclic) bond motifs is 1. The van der Waals surface area contributed by atoms with Crippen LogP contribution < -0.4 is 28.6 Å². The van der Waals surface area contributed by atoms with Crippen LogP contribution in [0.2, 0.25) is 0 Å². The number of ether oxygens (including phenoxy) is 4. The molecule has 0 bridgehead atoms. The van der Waals surface area contributed by atoms with Crippen LogP contribution in [0.4, 0.5) is 5.69 Å². The van der Waals surface area contributed by atoms with Crippen LogP contribution in [-0.4, -0.2) is 47.6 Å². The third-order valence-electron chi connectivity index (χ3n) is 5.30. The van der Waals surface area contributed by atoms with E-state index in [1.54, 1.807) is 73.8 Å². The number of hydrogen-bond acceptors (Lipinski definition) is 7. The number of anilines is 1. The molecule has 4 rings (SSSR count). The number of amides is 1. The Morgan fingerprint density at radius 3 is 2.34 bits per heavy atom. The van der Waals surface area contributed by atoms with Crippen LogP contribution >= 0.6 is 0 Å². The lowest BCUT2D eigenvalue weighted by atomic mass is 10.1. The summed E-state index contributed by atoms with van der Waals surface area (Å²) in [6, 6.07) is 19.0. The Morgan fingerprint density at radius 2 is 1.66 bits per heavy atom. The summed E-state index contributed by atoms with van der Waals surface area (Å²) < 4.78 is 47.6. The molecule has 0 atom stereocenters. The number of nitrogens with one attached hydrogen (secondary N) is 1. The topological polar surface area (TPSA) is 103 Å². The first kappa shape index (κ1) is 24.2. The number of rotatable bonds is 10. The summed E-state index contributed by atoms with van der Waals surface area (Å²) in [4.78, 5) is 12.4. The van der Waals surface area contributed by atoms with Crippen molar-refractivity contribution in [3.63, 3.8) is 0 Å². The predicted octanol–water partition coefficient (Wildman–Crippen LogP) is 3.20. The van der Waals surface area contributed by atoms with Crippen molar-refractivity contribution in [2.75, 3.05) is 37.6 Å². The van der Waals surface area contributed by atoms with E-state index in [0.717, 1.165) is 17.6 Å². The van der Waals surface area contributed by atoms with Gasteiger partial charge >= 0.3 is 0 Å². The molecular formula is C25H26N2O7S. The van der Waals surface area contributed by atoms with Crippen LogP contribution in [0, 0.1) is 0 Å². The predicted molar refractivity (Wildman–Crippen MR) is 131 cm³/mol. The highest BCUT2D eigenvalue weighted by molar-refractivity contribution is 7.92. The van der Waals surface area contributed by atoms with Crippen molar-refractivity contribution in [1.82, 2.24) is 5.32 Å². The average Bonchev–Trinajstić information content (AvgIpc) is 3.33. The second kappa shape index (κ2) is 10.6. The second-order valence-electron chi connectivity index (χ2n) is 7.78. The molecule has 1 amide bonds. The Balaban J connectivity index is 1.33. The fraction of sp³-hybridized carbons (Fsp3) is 0.240. The van der Waals surface area contributed by atoms with Gasteiger partial charge in [0, 0.05) is 11.6 Å². The number of methoxy groups -OCH3 is 1. The third kappa shape index (κ3) is 6.15. The van der Waals surface area contributed by atoms with E-state index in [0.29, 0.717) is 41.7 Å². The van der Waals surface area contributed by atoms with E-state index in [4.69, 9.17) is 18.9 Å². The summed E-state index contributed by atoms with van der Waals surface area (Å²) >= 11 is 0. The Bertz CT molecular complexity index is 1280. The van der Waals surface area contributed by atoms with Gasteiger partial charge in [0.05, 0.1) is 32.1 Å². The molecule has 1 heterocycles. The van der Waals surface area contributed by atoms with Crippen molar-refractivity contribution >= 4 is 21.6 Å². The molecular weight excluding hydrogens is 472 g/mol. The zero-order chi connectivity index (χ0) is 24.8. The van der Waals surface area contributed by atoms with Crippen molar-refractivity contribution in [3.05, 3.63) is 77.9 Å². The van der Waals surface area contributed by atoms with Gasteiger partial charge in [0.2, 0.25) is 16.8 Å². The van der Waals surface area contributed by atoms with E-state index < -0.39 is 10.0 Å². The van der Waals surface area contributed by atoms with Gasteiger partial charge in [-0.15, -0.1) is 0 Å². The van der Waals surface area contributed by atoms with Crippen LogP contribution in [0.1, 0.15) is 15.9 Å². The minimum atomic E-state index is -3.57. The molecule has 0 aliphatic carbocycles. The number of benzene rings is 3. The Kier molecular flexibility index (Phi) is 7.31. The minimum Gasteiger partial charge on any atom is -0.497 e. The van der Waals surface area contributed by atoms with E-state index in [1.165, 1.54) is 4.31 Å². The SMILES string of the molecule is COc1ccc(OCCNC(=O)c2ccc(CN(c3ccc4c(c3)OCO4)S(C)(=O)=O)cc2)cc1. The molecule has 10 heteroatoms. The average molecular weight is 499 g/mol. The molecule has 0 fully saturated rings. The van der Waals surface area contributed by atoms with Gasteiger partial charge in [-0.3, -0.25) is 9.10 Å². The summed E-state index contributed by atoms with van der Waals surface area (Å²) in [5, 5.41) is 2.81. The maximum absolute atomic E-state index is 12.5. The lowest BCUT2D eigenvalue weighted by Crippen LogP contribution is -2.29. The molecule has 3 aromatic rings. The van der Waals surface area contributed by atoms with Gasteiger partial charge in [-0.2, -0.15) is 0 Å². The number of hydrogen-bond donors (Lipinski definition) is 1. The first-order chi connectivity index (χ1) is 16.8. The minimum absolute atomic E-state index is 0.106. The molecule has 3 aromatic carbocycles. The fourth-order valence-electron chi connectivity index (χ4n) is 3.48. The molecule has 1 aliphatic heterocycles. The van der Waals surface area contributed by atoms with E-state index in [-0.39, 0.29) is 19.2 Å².